The lowest BCUT2D eigenvalue weighted by atomic mass is 10.0. The Morgan fingerprint density at radius 3 is 2.59 bits per heavy atom. The van der Waals surface area contributed by atoms with E-state index in [9.17, 15) is 0 Å². The van der Waals surface area contributed by atoms with Crippen molar-refractivity contribution >= 4 is 26.7 Å². The van der Waals surface area contributed by atoms with Gasteiger partial charge in [-0.1, -0.05) is 58.4 Å². The van der Waals surface area contributed by atoms with Crippen molar-refractivity contribution in [2.75, 3.05) is 12.4 Å². The van der Waals surface area contributed by atoms with E-state index in [1.165, 1.54) is 16.3 Å². The molecule has 90 valence electrons. The van der Waals surface area contributed by atoms with Crippen LogP contribution in [0, 0.1) is 0 Å². The number of alkyl halides is 1. The number of nitrogens with zero attached hydrogens (tertiary/aromatic N) is 1. The van der Waals surface area contributed by atoms with E-state index in [1.54, 1.807) is 0 Å². The molecule has 0 heterocycles. The monoisotopic (exact) mass is 291 g/mol. The van der Waals surface area contributed by atoms with Crippen LogP contribution in [0.2, 0.25) is 0 Å². The molecule has 0 spiro atoms. The molecule has 0 bridgehead atoms. The van der Waals surface area contributed by atoms with Gasteiger partial charge >= 0.3 is 0 Å². The Balaban J connectivity index is 2.30. The van der Waals surface area contributed by atoms with Gasteiger partial charge in [0.2, 0.25) is 0 Å². The van der Waals surface area contributed by atoms with E-state index in [1.807, 2.05) is 0 Å². The lowest BCUT2D eigenvalue weighted by Crippen LogP contribution is -2.29. The Bertz CT molecular complexity index is 490. The van der Waals surface area contributed by atoms with Gasteiger partial charge in [-0.05, 0) is 30.3 Å². The predicted molar refractivity (Wildman–Crippen MR) is 78.7 cm³/mol. The van der Waals surface area contributed by atoms with Crippen molar-refractivity contribution < 1.29 is 0 Å². The molecule has 1 nitrogen and oxygen atoms in total. The molecule has 0 fully saturated rings. The smallest absolute Gasteiger partial charge is 0.0240 e. The molecular weight excluding hydrogens is 274 g/mol. The SMILES string of the molecule is CC(CBr)N(C)Cc1cccc2ccccc12. The van der Waals surface area contributed by atoms with E-state index in [-0.39, 0.29) is 0 Å². The molecule has 0 saturated heterocycles. The molecular formula is C15H18BrN. The molecule has 2 aromatic rings. The lowest BCUT2D eigenvalue weighted by molar-refractivity contribution is 0.271. The highest BCUT2D eigenvalue weighted by Crippen LogP contribution is 2.20. The molecule has 17 heavy (non-hydrogen) atoms. The third-order valence-corrected chi connectivity index (χ3v) is 4.21. The molecule has 2 heteroatoms. The van der Waals surface area contributed by atoms with E-state index in [4.69, 9.17) is 0 Å². The second kappa shape index (κ2) is 5.65. The van der Waals surface area contributed by atoms with E-state index in [2.05, 4.69) is 77.3 Å². The molecule has 0 saturated carbocycles. The third-order valence-electron chi connectivity index (χ3n) is 3.28. The summed E-state index contributed by atoms with van der Waals surface area (Å²) >= 11 is 3.54. The van der Waals surface area contributed by atoms with Gasteiger partial charge < -0.3 is 0 Å². The van der Waals surface area contributed by atoms with E-state index >= 15 is 0 Å². The zero-order valence-corrected chi connectivity index (χ0v) is 11.9. The van der Waals surface area contributed by atoms with Crippen molar-refractivity contribution in [2.45, 2.75) is 19.5 Å². The quantitative estimate of drug-likeness (QED) is 0.768. The number of hydrogen-bond donors (Lipinski definition) is 0. The summed E-state index contributed by atoms with van der Waals surface area (Å²) in [6, 6.07) is 15.7. The molecule has 1 unspecified atom stereocenters. The van der Waals surface area contributed by atoms with Gasteiger partial charge in [0, 0.05) is 17.9 Å². The summed E-state index contributed by atoms with van der Waals surface area (Å²) in [5, 5.41) is 3.70. The van der Waals surface area contributed by atoms with Crippen LogP contribution in [0.3, 0.4) is 0 Å². The fraction of sp³-hybridized carbons (Fsp3) is 0.333. The van der Waals surface area contributed by atoms with Crippen molar-refractivity contribution in [3.8, 4) is 0 Å². The Hall–Kier alpha value is -0.860. The van der Waals surface area contributed by atoms with E-state index in [0.29, 0.717) is 6.04 Å². The standard InChI is InChI=1S/C15H18BrN/c1-12(10-16)17(2)11-14-8-5-7-13-6-3-4-9-15(13)14/h3-9,12H,10-11H2,1-2H3. The number of hydrogen-bond acceptors (Lipinski definition) is 1. The van der Waals surface area contributed by atoms with Gasteiger partial charge in [-0.2, -0.15) is 0 Å². The number of benzene rings is 2. The van der Waals surface area contributed by atoms with E-state index in [0.717, 1.165) is 11.9 Å². The molecule has 0 amide bonds. The maximum atomic E-state index is 3.54. The first-order chi connectivity index (χ1) is 8.22. The maximum absolute atomic E-state index is 3.54. The molecule has 0 aromatic heterocycles. The van der Waals surface area contributed by atoms with Crippen LogP contribution in [0.25, 0.3) is 10.8 Å². The Morgan fingerprint density at radius 2 is 1.82 bits per heavy atom. The normalized spacial score (nSPS) is 13.2. The third kappa shape index (κ3) is 2.88. The molecule has 0 aliphatic rings. The average Bonchev–Trinajstić information content (AvgIpc) is 2.38. The summed E-state index contributed by atoms with van der Waals surface area (Å²) < 4.78 is 0. The van der Waals surface area contributed by atoms with Crippen LogP contribution in [0.5, 0.6) is 0 Å². The average molecular weight is 292 g/mol. The topological polar surface area (TPSA) is 3.24 Å². The van der Waals surface area contributed by atoms with Gasteiger partial charge in [-0.3, -0.25) is 4.90 Å². The van der Waals surface area contributed by atoms with Gasteiger partial charge in [-0.25, -0.2) is 0 Å². The number of fused-ring (bicyclic) bond motifs is 1. The summed E-state index contributed by atoms with van der Waals surface area (Å²) in [5.41, 5.74) is 1.40. The molecule has 2 aromatic carbocycles. The van der Waals surface area contributed by atoms with E-state index < -0.39 is 0 Å². The van der Waals surface area contributed by atoms with Gasteiger partial charge in [-0.15, -0.1) is 0 Å². The minimum atomic E-state index is 0.550. The van der Waals surface area contributed by atoms with Crippen LogP contribution < -0.4 is 0 Å². The Kier molecular flexibility index (Phi) is 4.19. The van der Waals surface area contributed by atoms with Crippen LogP contribution in [-0.4, -0.2) is 23.3 Å². The number of rotatable bonds is 4. The minimum absolute atomic E-state index is 0.550. The summed E-state index contributed by atoms with van der Waals surface area (Å²) in [4.78, 5) is 2.37. The van der Waals surface area contributed by atoms with Crippen LogP contribution in [0.4, 0.5) is 0 Å². The zero-order valence-electron chi connectivity index (χ0n) is 10.4. The lowest BCUT2D eigenvalue weighted by Gasteiger charge is -2.23. The predicted octanol–water partition coefficient (Wildman–Crippen LogP) is 4.06. The molecule has 0 aliphatic carbocycles. The highest BCUT2D eigenvalue weighted by atomic mass is 79.9. The van der Waals surface area contributed by atoms with Crippen molar-refractivity contribution in [3.05, 3.63) is 48.0 Å². The summed E-state index contributed by atoms with van der Waals surface area (Å²) in [6.45, 7) is 3.23. The largest absolute Gasteiger partial charge is 0.299 e. The molecule has 0 aliphatic heterocycles. The van der Waals surface area contributed by atoms with Crippen molar-refractivity contribution in [1.82, 2.24) is 4.90 Å². The van der Waals surface area contributed by atoms with Gasteiger partial charge in [0.15, 0.2) is 0 Å². The van der Waals surface area contributed by atoms with Gasteiger partial charge in [0.25, 0.3) is 0 Å². The van der Waals surface area contributed by atoms with Crippen molar-refractivity contribution in [1.29, 1.82) is 0 Å². The fourth-order valence-electron chi connectivity index (χ4n) is 1.97. The fourth-order valence-corrected chi connectivity index (χ4v) is 2.47. The Morgan fingerprint density at radius 1 is 1.12 bits per heavy atom. The first kappa shape index (κ1) is 12.6. The van der Waals surface area contributed by atoms with Crippen LogP contribution in [0.15, 0.2) is 42.5 Å². The van der Waals surface area contributed by atoms with Crippen LogP contribution in [0.1, 0.15) is 12.5 Å². The molecule has 2 rings (SSSR count). The summed E-state index contributed by atoms with van der Waals surface area (Å²) in [6.07, 6.45) is 0. The first-order valence-electron chi connectivity index (χ1n) is 5.95. The first-order valence-corrected chi connectivity index (χ1v) is 7.07. The second-order valence-corrected chi connectivity index (χ2v) is 5.20. The molecule has 1 atom stereocenters. The van der Waals surface area contributed by atoms with Crippen molar-refractivity contribution in [3.63, 3.8) is 0 Å². The highest BCUT2D eigenvalue weighted by molar-refractivity contribution is 9.09. The summed E-state index contributed by atoms with van der Waals surface area (Å²) in [5.74, 6) is 0. The molecule has 0 N–H and O–H groups in total. The van der Waals surface area contributed by atoms with Gasteiger partial charge in [0.1, 0.15) is 0 Å². The highest BCUT2D eigenvalue weighted by Gasteiger charge is 2.09. The summed E-state index contributed by atoms with van der Waals surface area (Å²) in [7, 11) is 2.17. The Labute approximate surface area is 112 Å². The minimum Gasteiger partial charge on any atom is -0.299 e. The van der Waals surface area contributed by atoms with Crippen LogP contribution >= 0.6 is 15.9 Å². The zero-order chi connectivity index (χ0) is 12.3. The maximum Gasteiger partial charge on any atom is 0.0240 e. The van der Waals surface area contributed by atoms with Crippen LogP contribution in [-0.2, 0) is 6.54 Å². The van der Waals surface area contributed by atoms with Crippen molar-refractivity contribution in [2.24, 2.45) is 0 Å². The van der Waals surface area contributed by atoms with Gasteiger partial charge in [0.05, 0.1) is 0 Å². The number of halogens is 1. The second-order valence-electron chi connectivity index (χ2n) is 4.56. The molecule has 0 radical (unpaired) electrons.